The van der Waals surface area contributed by atoms with Crippen LogP contribution in [-0.2, 0) is 17.0 Å². The van der Waals surface area contributed by atoms with Gasteiger partial charge in [-0.25, -0.2) is 4.39 Å². The topological polar surface area (TPSA) is 59.1 Å². The Bertz CT molecular complexity index is 828. The second-order valence-corrected chi connectivity index (χ2v) is 6.39. The number of halogens is 3. The molecule has 24 heavy (non-hydrogen) atoms. The fraction of sp³-hybridized carbons (Fsp3) is 0.235. The molecule has 124 valence electrons. The minimum absolute atomic E-state index is 0.0148. The number of ketones is 1. The van der Waals surface area contributed by atoms with Crippen molar-refractivity contribution in [2.45, 2.75) is 25.1 Å². The van der Waals surface area contributed by atoms with Crippen LogP contribution in [0, 0.1) is 0 Å². The number of rotatable bonds is 3. The van der Waals surface area contributed by atoms with Crippen LogP contribution in [0.3, 0.4) is 0 Å². The van der Waals surface area contributed by atoms with Crippen LogP contribution in [0.5, 0.6) is 0 Å². The monoisotopic (exact) mass is 366 g/mol. The fourth-order valence-electron chi connectivity index (χ4n) is 2.70. The number of Topliss-reactive ketones (excluding diaryl/α,β-unsaturated/α-hetero) is 1. The lowest BCUT2D eigenvalue weighted by Crippen LogP contribution is -2.44. The highest BCUT2D eigenvalue weighted by Crippen LogP contribution is 2.38. The van der Waals surface area contributed by atoms with Gasteiger partial charge in [0.25, 0.3) is 5.91 Å². The first kappa shape index (κ1) is 16.9. The molecule has 1 atom stereocenters. The quantitative estimate of drug-likeness (QED) is 0.897. The Morgan fingerprint density at radius 3 is 2.88 bits per heavy atom. The molecular formula is C17H13Cl2FN2O2. The molecule has 1 aliphatic carbocycles. The van der Waals surface area contributed by atoms with Crippen LogP contribution in [0.1, 0.15) is 34.5 Å². The van der Waals surface area contributed by atoms with Crippen LogP contribution < -0.4 is 5.32 Å². The van der Waals surface area contributed by atoms with E-state index in [4.69, 9.17) is 23.2 Å². The number of fused-ring (bicyclic) bond motifs is 1. The van der Waals surface area contributed by atoms with Crippen LogP contribution in [0.15, 0.2) is 36.5 Å². The summed E-state index contributed by atoms with van der Waals surface area (Å²) >= 11 is 11.9. The summed E-state index contributed by atoms with van der Waals surface area (Å²) in [6.45, 7) is 0.0596. The third-order valence-corrected chi connectivity index (χ3v) is 4.60. The van der Waals surface area contributed by atoms with Crippen molar-refractivity contribution in [2.75, 3.05) is 0 Å². The molecule has 1 amide bonds. The number of hydrogen-bond acceptors (Lipinski definition) is 3. The number of hydrogen-bond donors (Lipinski definition) is 1. The highest BCUT2D eigenvalue weighted by Gasteiger charge is 2.46. The Morgan fingerprint density at radius 1 is 1.33 bits per heavy atom. The van der Waals surface area contributed by atoms with E-state index in [0.29, 0.717) is 15.6 Å². The molecule has 1 N–H and O–H groups in total. The van der Waals surface area contributed by atoms with Crippen LogP contribution in [0.2, 0.25) is 10.0 Å². The molecule has 2 aromatic rings. The summed E-state index contributed by atoms with van der Waals surface area (Å²) in [4.78, 5) is 28.2. The van der Waals surface area contributed by atoms with Gasteiger partial charge in [0.15, 0.2) is 5.78 Å². The van der Waals surface area contributed by atoms with E-state index in [1.165, 1.54) is 18.3 Å². The largest absolute Gasteiger partial charge is 0.349 e. The van der Waals surface area contributed by atoms with Crippen molar-refractivity contribution in [3.05, 3.63) is 63.4 Å². The smallest absolute Gasteiger partial charge is 0.262 e. The van der Waals surface area contributed by atoms with E-state index < -0.39 is 11.6 Å². The zero-order valence-electron chi connectivity index (χ0n) is 12.5. The molecule has 0 bridgehead atoms. The third kappa shape index (κ3) is 3.01. The lowest BCUT2D eigenvalue weighted by atomic mass is 9.81. The lowest BCUT2D eigenvalue weighted by molar-refractivity contribution is -0.134. The molecule has 0 spiro atoms. The molecule has 0 fully saturated rings. The summed E-state index contributed by atoms with van der Waals surface area (Å²) in [6.07, 6.45) is 1.15. The number of alkyl halides is 1. The molecule has 0 saturated heterocycles. The second kappa shape index (κ2) is 6.49. The third-order valence-electron chi connectivity index (χ3n) is 4.01. The van der Waals surface area contributed by atoms with Gasteiger partial charge in [-0.3, -0.25) is 14.6 Å². The van der Waals surface area contributed by atoms with Gasteiger partial charge < -0.3 is 5.32 Å². The average molecular weight is 367 g/mol. The van der Waals surface area contributed by atoms with Crippen molar-refractivity contribution in [2.24, 2.45) is 0 Å². The van der Waals surface area contributed by atoms with Crippen LogP contribution in [0.4, 0.5) is 4.39 Å². The minimum Gasteiger partial charge on any atom is -0.349 e. The van der Waals surface area contributed by atoms with Crippen molar-refractivity contribution < 1.29 is 14.0 Å². The predicted molar refractivity (Wildman–Crippen MR) is 88.9 cm³/mol. The number of aromatic nitrogens is 1. The normalized spacial score (nSPS) is 19.7. The summed E-state index contributed by atoms with van der Waals surface area (Å²) in [5.41, 5.74) is -1.63. The maximum absolute atomic E-state index is 15.3. The Balaban J connectivity index is 1.82. The molecule has 1 heterocycles. The number of nitrogens with one attached hydrogen (secondary N) is 1. The highest BCUT2D eigenvalue weighted by molar-refractivity contribution is 6.35. The zero-order chi connectivity index (χ0) is 17.3. The van der Waals surface area contributed by atoms with E-state index in [1.54, 1.807) is 18.2 Å². The molecule has 1 aliphatic rings. The van der Waals surface area contributed by atoms with Gasteiger partial charge in [0.05, 0.1) is 0 Å². The highest BCUT2D eigenvalue weighted by atomic mass is 35.5. The first-order valence-corrected chi connectivity index (χ1v) is 8.07. The molecule has 4 nitrogen and oxygen atoms in total. The van der Waals surface area contributed by atoms with Gasteiger partial charge in [-0.05, 0) is 23.8 Å². The average Bonchev–Trinajstić information content (AvgIpc) is 2.57. The zero-order valence-corrected chi connectivity index (χ0v) is 14.0. The molecule has 1 unspecified atom stereocenters. The van der Waals surface area contributed by atoms with Gasteiger partial charge in [0.2, 0.25) is 5.67 Å². The SMILES string of the molecule is O=C1CCC(F)(C(=O)NCc2ccc(Cl)cc2Cl)c2cccnc21. The molecule has 1 aromatic carbocycles. The first-order chi connectivity index (χ1) is 11.4. The van der Waals surface area contributed by atoms with Gasteiger partial charge in [-0.1, -0.05) is 35.3 Å². The maximum Gasteiger partial charge on any atom is 0.262 e. The van der Waals surface area contributed by atoms with E-state index in [1.807, 2.05) is 0 Å². The van der Waals surface area contributed by atoms with Crippen LogP contribution >= 0.6 is 23.2 Å². The number of nitrogens with zero attached hydrogens (tertiary/aromatic N) is 1. The Morgan fingerprint density at radius 2 is 2.12 bits per heavy atom. The van der Waals surface area contributed by atoms with Crippen molar-refractivity contribution >= 4 is 34.9 Å². The lowest BCUT2D eigenvalue weighted by Gasteiger charge is -2.29. The number of pyridine rings is 1. The van der Waals surface area contributed by atoms with E-state index >= 15 is 4.39 Å². The van der Waals surface area contributed by atoms with Crippen LogP contribution in [-0.4, -0.2) is 16.7 Å². The summed E-state index contributed by atoms with van der Waals surface area (Å²) in [7, 11) is 0. The molecule has 0 radical (unpaired) electrons. The van der Waals surface area contributed by atoms with E-state index in [0.717, 1.165) is 0 Å². The fourth-order valence-corrected chi connectivity index (χ4v) is 3.18. The van der Waals surface area contributed by atoms with Crippen molar-refractivity contribution in [3.8, 4) is 0 Å². The molecule has 7 heteroatoms. The summed E-state index contributed by atoms with van der Waals surface area (Å²) < 4.78 is 15.3. The van der Waals surface area contributed by atoms with Gasteiger partial charge in [-0.2, -0.15) is 0 Å². The van der Waals surface area contributed by atoms with Gasteiger partial charge >= 0.3 is 0 Å². The van der Waals surface area contributed by atoms with E-state index in [-0.39, 0.29) is 36.4 Å². The summed E-state index contributed by atoms with van der Waals surface area (Å²) in [5, 5.41) is 3.41. The molecule has 1 aromatic heterocycles. The van der Waals surface area contributed by atoms with Crippen molar-refractivity contribution in [1.29, 1.82) is 0 Å². The molecule has 0 aliphatic heterocycles. The standard InChI is InChI=1S/C17H13Cl2FN2O2/c18-11-4-3-10(13(19)8-11)9-22-16(24)17(20)6-5-14(23)15-12(17)2-1-7-21-15/h1-4,7-8H,5-6,9H2,(H,22,24). The molecule has 3 rings (SSSR count). The van der Waals surface area contributed by atoms with Gasteiger partial charge in [0, 0.05) is 41.2 Å². The number of carbonyl (C=O) groups is 2. The van der Waals surface area contributed by atoms with Crippen molar-refractivity contribution in [1.82, 2.24) is 10.3 Å². The van der Waals surface area contributed by atoms with E-state index in [2.05, 4.69) is 10.3 Å². The first-order valence-electron chi connectivity index (χ1n) is 7.31. The number of carbonyl (C=O) groups excluding carboxylic acids is 2. The Hall–Kier alpha value is -1.98. The summed E-state index contributed by atoms with van der Waals surface area (Å²) in [5.74, 6) is -1.07. The Kier molecular flexibility index (Phi) is 4.56. The van der Waals surface area contributed by atoms with Crippen molar-refractivity contribution in [3.63, 3.8) is 0 Å². The second-order valence-electron chi connectivity index (χ2n) is 5.54. The van der Waals surface area contributed by atoms with E-state index in [9.17, 15) is 9.59 Å². The minimum atomic E-state index is -2.28. The summed E-state index contributed by atoms with van der Waals surface area (Å²) in [6, 6.07) is 7.78. The van der Waals surface area contributed by atoms with Gasteiger partial charge in [0.1, 0.15) is 5.69 Å². The number of amides is 1. The predicted octanol–water partition coefficient (Wildman–Crippen LogP) is 3.85. The maximum atomic E-state index is 15.3. The molecular weight excluding hydrogens is 354 g/mol. The van der Waals surface area contributed by atoms with Gasteiger partial charge in [-0.15, -0.1) is 0 Å². The van der Waals surface area contributed by atoms with Crippen LogP contribution in [0.25, 0.3) is 0 Å². The Labute approximate surface area is 148 Å². The molecule has 0 saturated carbocycles. The number of benzene rings is 1.